The highest BCUT2D eigenvalue weighted by molar-refractivity contribution is 6.01. The van der Waals surface area contributed by atoms with Crippen LogP contribution < -0.4 is 0 Å². The Morgan fingerprint density at radius 2 is 1.75 bits per heavy atom. The molecule has 0 fully saturated rings. The maximum absolute atomic E-state index is 12.6. The van der Waals surface area contributed by atoms with Crippen LogP contribution in [-0.2, 0) is 17.6 Å². The molecule has 0 aliphatic heterocycles. The van der Waals surface area contributed by atoms with E-state index in [0.717, 1.165) is 19.3 Å². The topological polar surface area (TPSA) is 82.3 Å². The first-order valence-electron chi connectivity index (χ1n) is 9.29. The summed E-state index contributed by atoms with van der Waals surface area (Å²) >= 11 is 0. The van der Waals surface area contributed by atoms with Gasteiger partial charge in [-0.05, 0) is 74.6 Å². The predicted octanol–water partition coefficient (Wildman–Crippen LogP) is 3.96. The van der Waals surface area contributed by atoms with Crippen LogP contribution in [0.5, 0.6) is 0 Å². The molecule has 0 bridgehead atoms. The minimum absolute atomic E-state index is 0.194. The number of hydrogen-bond acceptors (Lipinski definition) is 6. The minimum Gasteiger partial charge on any atom is -0.451 e. The largest absolute Gasteiger partial charge is 0.451 e. The number of rotatable bonds is 5. The lowest BCUT2D eigenvalue weighted by Crippen LogP contribution is -2.24. The van der Waals surface area contributed by atoms with Gasteiger partial charge in [0.2, 0.25) is 5.78 Å². The van der Waals surface area contributed by atoms with Crippen molar-refractivity contribution in [3.8, 4) is 11.5 Å². The Bertz CT molecular complexity index is 1040. The quantitative estimate of drug-likeness (QED) is 0.495. The van der Waals surface area contributed by atoms with Gasteiger partial charge >= 0.3 is 5.97 Å². The molecule has 0 saturated heterocycles. The number of carbonyl (C=O) groups excluding carboxylic acids is 2. The zero-order valence-corrected chi connectivity index (χ0v) is 15.8. The smallest absolute Gasteiger partial charge is 0.338 e. The molecule has 1 aromatic heterocycles. The average Bonchev–Trinajstić information content (AvgIpc) is 3.35. The minimum atomic E-state index is -0.856. The molecule has 3 aromatic rings. The molecule has 4 rings (SSSR count). The maximum atomic E-state index is 12.6. The molecule has 0 N–H and O–H groups in total. The molecule has 6 heteroatoms. The molecule has 0 spiro atoms. The lowest BCUT2D eigenvalue weighted by molar-refractivity contribution is 0.0319. The van der Waals surface area contributed by atoms with E-state index in [0.29, 0.717) is 28.4 Å². The fourth-order valence-electron chi connectivity index (χ4n) is 3.41. The second-order valence-electron chi connectivity index (χ2n) is 6.97. The van der Waals surface area contributed by atoms with Gasteiger partial charge in [0.1, 0.15) is 0 Å². The molecule has 0 amide bonds. The van der Waals surface area contributed by atoms with Crippen LogP contribution in [0, 0.1) is 6.92 Å². The zero-order valence-electron chi connectivity index (χ0n) is 15.8. The first-order chi connectivity index (χ1) is 13.5. The van der Waals surface area contributed by atoms with Crippen LogP contribution in [0.4, 0.5) is 0 Å². The lowest BCUT2D eigenvalue weighted by atomic mass is 10.0. The number of fused-ring (bicyclic) bond motifs is 1. The molecule has 1 aliphatic carbocycles. The molecule has 1 unspecified atom stereocenters. The Kier molecular flexibility index (Phi) is 4.77. The van der Waals surface area contributed by atoms with Crippen LogP contribution in [0.15, 0.2) is 47.0 Å². The van der Waals surface area contributed by atoms with Crippen molar-refractivity contribution in [2.75, 3.05) is 0 Å². The van der Waals surface area contributed by atoms with E-state index >= 15 is 0 Å². The van der Waals surface area contributed by atoms with E-state index in [1.807, 2.05) is 18.2 Å². The van der Waals surface area contributed by atoms with Crippen molar-refractivity contribution in [3.63, 3.8) is 0 Å². The van der Waals surface area contributed by atoms with Crippen LogP contribution in [0.3, 0.4) is 0 Å². The van der Waals surface area contributed by atoms with Crippen LogP contribution in [-0.4, -0.2) is 28.0 Å². The summed E-state index contributed by atoms with van der Waals surface area (Å²) in [6.07, 6.45) is 2.32. The van der Waals surface area contributed by atoms with Crippen LogP contribution in [0.2, 0.25) is 0 Å². The summed E-state index contributed by atoms with van der Waals surface area (Å²) in [4.78, 5) is 29.2. The number of nitrogens with zero attached hydrogens (tertiary/aromatic N) is 2. The number of carbonyl (C=O) groups is 2. The summed E-state index contributed by atoms with van der Waals surface area (Å²) in [6, 6.07) is 12.4. The molecule has 2 aromatic carbocycles. The second kappa shape index (κ2) is 7.38. The van der Waals surface area contributed by atoms with E-state index in [-0.39, 0.29) is 5.78 Å². The van der Waals surface area contributed by atoms with Crippen LogP contribution >= 0.6 is 0 Å². The lowest BCUT2D eigenvalue weighted by Gasteiger charge is -2.13. The van der Waals surface area contributed by atoms with Crippen LogP contribution in [0.1, 0.15) is 51.0 Å². The zero-order chi connectivity index (χ0) is 19.7. The maximum Gasteiger partial charge on any atom is 0.338 e. The standard InChI is InChI=1S/C22H20N2O4/c1-13(20(25)19-11-6-15-4-3-5-18(15)12-19)27-22(26)17-9-7-16(8-10-17)21-23-14(2)24-28-21/h6-13H,3-5H2,1-2H3. The summed E-state index contributed by atoms with van der Waals surface area (Å²) in [5.74, 6) is 0.186. The molecule has 142 valence electrons. The van der Waals surface area contributed by atoms with Gasteiger partial charge in [-0.25, -0.2) is 4.79 Å². The number of ether oxygens (including phenoxy) is 1. The van der Waals surface area contributed by atoms with Crippen molar-refractivity contribution in [2.45, 2.75) is 39.2 Å². The van der Waals surface area contributed by atoms with Gasteiger partial charge < -0.3 is 9.26 Å². The van der Waals surface area contributed by atoms with Crippen molar-refractivity contribution in [3.05, 3.63) is 70.5 Å². The van der Waals surface area contributed by atoms with E-state index in [1.165, 1.54) is 11.1 Å². The highest BCUT2D eigenvalue weighted by Crippen LogP contribution is 2.24. The van der Waals surface area contributed by atoms with E-state index in [1.54, 1.807) is 38.1 Å². The Balaban J connectivity index is 1.43. The first-order valence-corrected chi connectivity index (χ1v) is 9.29. The third-order valence-electron chi connectivity index (χ3n) is 4.93. The summed E-state index contributed by atoms with van der Waals surface area (Å²) in [6.45, 7) is 3.33. The molecule has 6 nitrogen and oxygen atoms in total. The summed E-state index contributed by atoms with van der Waals surface area (Å²) < 4.78 is 10.5. The van der Waals surface area contributed by atoms with Crippen molar-refractivity contribution in [1.82, 2.24) is 10.1 Å². The van der Waals surface area contributed by atoms with Gasteiger partial charge in [-0.15, -0.1) is 0 Å². The van der Waals surface area contributed by atoms with Gasteiger partial charge in [0, 0.05) is 11.1 Å². The van der Waals surface area contributed by atoms with Gasteiger partial charge in [-0.2, -0.15) is 4.98 Å². The molecule has 1 aliphatic rings. The first kappa shape index (κ1) is 18.1. The van der Waals surface area contributed by atoms with E-state index in [9.17, 15) is 9.59 Å². The van der Waals surface area contributed by atoms with Crippen molar-refractivity contribution in [1.29, 1.82) is 0 Å². The number of benzene rings is 2. The number of hydrogen-bond donors (Lipinski definition) is 0. The second-order valence-corrected chi connectivity index (χ2v) is 6.97. The van der Waals surface area contributed by atoms with Crippen LogP contribution in [0.25, 0.3) is 11.5 Å². The third kappa shape index (κ3) is 3.58. The van der Waals surface area contributed by atoms with E-state index in [2.05, 4.69) is 10.1 Å². The van der Waals surface area contributed by atoms with Crippen molar-refractivity contribution in [2.24, 2.45) is 0 Å². The fraction of sp³-hybridized carbons (Fsp3) is 0.273. The average molecular weight is 376 g/mol. The third-order valence-corrected chi connectivity index (χ3v) is 4.93. The SMILES string of the molecule is Cc1noc(-c2ccc(C(=O)OC(C)C(=O)c3ccc4c(c3)CCC4)cc2)n1. The van der Waals surface area contributed by atoms with E-state index in [4.69, 9.17) is 9.26 Å². The number of ketones is 1. The Hall–Kier alpha value is -3.28. The fourth-order valence-corrected chi connectivity index (χ4v) is 3.41. The number of Topliss-reactive ketones (excluding diaryl/α,β-unsaturated/α-hetero) is 1. The highest BCUT2D eigenvalue weighted by Gasteiger charge is 2.22. The van der Waals surface area contributed by atoms with Gasteiger partial charge in [0.05, 0.1) is 5.56 Å². The number of aromatic nitrogens is 2. The van der Waals surface area contributed by atoms with Crippen molar-refractivity contribution >= 4 is 11.8 Å². The molecule has 0 radical (unpaired) electrons. The van der Waals surface area contributed by atoms with Gasteiger partial charge in [0.15, 0.2) is 11.9 Å². The summed E-state index contributed by atoms with van der Waals surface area (Å²) in [7, 11) is 0. The van der Waals surface area contributed by atoms with Gasteiger partial charge in [0.25, 0.3) is 5.89 Å². The van der Waals surface area contributed by atoms with Gasteiger partial charge in [-0.3, -0.25) is 4.79 Å². The monoisotopic (exact) mass is 376 g/mol. The molecule has 28 heavy (non-hydrogen) atoms. The Morgan fingerprint density at radius 3 is 2.46 bits per heavy atom. The van der Waals surface area contributed by atoms with E-state index < -0.39 is 12.1 Å². The summed E-state index contributed by atoms with van der Waals surface area (Å²) in [5.41, 5.74) is 4.17. The normalized spacial score (nSPS) is 13.8. The number of aryl methyl sites for hydroxylation is 3. The molecular weight excluding hydrogens is 356 g/mol. The Labute approximate surface area is 162 Å². The molecule has 1 heterocycles. The van der Waals surface area contributed by atoms with Gasteiger partial charge in [-0.1, -0.05) is 17.3 Å². The summed E-state index contributed by atoms with van der Waals surface area (Å²) in [5, 5.41) is 3.74. The highest BCUT2D eigenvalue weighted by atomic mass is 16.5. The number of esters is 1. The molecular formula is C22H20N2O4. The molecule has 1 atom stereocenters. The molecule has 0 saturated carbocycles. The van der Waals surface area contributed by atoms with Crippen molar-refractivity contribution < 1.29 is 18.8 Å². The Morgan fingerprint density at radius 1 is 1.04 bits per heavy atom. The predicted molar refractivity (Wildman–Crippen MR) is 102 cm³/mol.